The van der Waals surface area contributed by atoms with Crippen LogP contribution in [0, 0.1) is 0 Å². The van der Waals surface area contributed by atoms with E-state index in [1.54, 1.807) is 24.3 Å². The smallest absolute Gasteiger partial charge is 0.0815 e. The van der Waals surface area contributed by atoms with Crippen LogP contribution in [-0.4, -0.2) is 57.2 Å². The zero-order chi connectivity index (χ0) is 14.5. The molecule has 0 radical (unpaired) electrons. The third kappa shape index (κ3) is 4.26. The van der Waals surface area contributed by atoms with Gasteiger partial charge >= 0.3 is 0 Å². The highest BCUT2D eigenvalue weighted by Gasteiger charge is 2.23. The summed E-state index contributed by atoms with van der Waals surface area (Å²) >= 11 is 0. The lowest BCUT2D eigenvalue weighted by molar-refractivity contribution is 0.0558. The minimum absolute atomic E-state index is 0.0176. The molecule has 1 aromatic rings. The lowest BCUT2D eigenvalue weighted by Crippen LogP contribution is -2.32. The number of benzene rings is 1. The summed E-state index contributed by atoms with van der Waals surface area (Å²) in [6, 6.07) is 7.06. The molecule has 112 valence electrons. The number of β-amino-alcohol motifs (C(OH)–C–C–N with tert-alkyl or cyclic N) is 2. The number of rotatable bonds is 6. The Morgan fingerprint density at radius 3 is 2.45 bits per heavy atom. The molecule has 1 aliphatic heterocycles. The molecular weight excluding hydrogens is 258 g/mol. The van der Waals surface area contributed by atoms with E-state index in [4.69, 9.17) is 5.11 Å². The Bertz CT molecular complexity index is 409. The maximum absolute atomic E-state index is 10.1. The van der Waals surface area contributed by atoms with Gasteiger partial charge in [0.15, 0.2) is 0 Å². The molecule has 0 aliphatic carbocycles. The van der Waals surface area contributed by atoms with Crippen molar-refractivity contribution in [1.29, 1.82) is 0 Å². The van der Waals surface area contributed by atoms with Gasteiger partial charge in [0.05, 0.1) is 24.9 Å². The van der Waals surface area contributed by atoms with Crippen LogP contribution in [0.5, 0.6) is 0 Å². The van der Waals surface area contributed by atoms with Gasteiger partial charge in [-0.3, -0.25) is 4.90 Å². The van der Waals surface area contributed by atoms with Crippen molar-refractivity contribution in [3.8, 4) is 0 Å². The van der Waals surface area contributed by atoms with Crippen molar-refractivity contribution in [3.63, 3.8) is 0 Å². The molecule has 5 nitrogen and oxygen atoms in total. The van der Waals surface area contributed by atoms with E-state index in [0.717, 1.165) is 24.1 Å². The topological polar surface area (TPSA) is 84.2 Å². The lowest BCUT2D eigenvalue weighted by atomic mass is 10.0. The number of aliphatic hydroxyl groups excluding tert-OH is 4. The summed E-state index contributed by atoms with van der Waals surface area (Å²) in [4.78, 5) is 2.01. The zero-order valence-electron chi connectivity index (χ0n) is 11.5. The van der Waals surface area contributed by atoms with Crippen molar-refractivity contribution < 1.29 is 20.4 Å². The quantitative estimate of drug-likeness (QED) is 0.591. The fraction of sp³-hybridized carbons (Fsp3) is 0.600. The van der Waals surface area contributed by atoms with Crippen LogP contribution in [0.25, 0.3) is 0 Å². The molecule has 2 rings (SSSR count). The molecule has 1 heterocycles. The summed E-state index contributed by atoms with van der Waals surface area (Å²) in [5.74, 6) is 0. The summed E-state index contributed by atoms with van der Waals surface area (Å²) in [6.07, 6.45) is -0.612. The Morgan fingerprint density at radius 2 is 1.90 bits per heavy atom. The summed E-state index contributed by atoms with van der Waals surface area (Å²) < 4.78 is 0. The van der Waals surface area contributed by atoms with E-state index >= 15 is 0 Å². The Labute approximate surface area is 119 Å². The lowest BCUT2D eigenvalue weighted by Gasteiger charge is -2.21. The van der Waals surface area contributed by atoms with Crippen molar-refractivity contribution >= 4 is 0 Å². The Kier molecular flexibility index (Phi) is 5.51. The summed E-state index contributed by atoms with van der Waals surface area (Å²) in [5.41, 5.74) is 1.54. The molecule has 0 spiro atoms. The van der Waals surface area contributed by atoms with E-state index in [0.29, 0.717) is 13.1 Å². The largest absolute Gasteiger partial charge is 0.392 e. The maximum atomic E-state index is 10.1. The predicted octanol–water partition coefficient (Wildman–Crippen LogP) is 0.0299. The van der Waals surface area contributed by atoms with Gasteiger partial charge < -0.3 is 20.4 Å². The second-order valence-corrected chi connectivity index (χ2v) is 5.51. The molecule has 1 aliphatic rings. The fourth-order valence-electron chi connectivity index (χ4n) is 2.59. The zero-order valence-corrected chi connectivity index (χ0v) is 11.5. The van der Waals surface area contributed by atoms with Crippen molar-refractivity contribution in [3.05, 3.63) is 35.4 Å². The molecular formula is C15H23NO4. The molecule has 20 heavy (non-hydrogen) atoms. The van der Waals surface area contributed by atoms with Gasteiger partial charge in [-0.25, -0.2) is 0 Å². The predicted molar refractivity (Wildman–Crippen MR) is 75.0 cm³/mol. The van der Waals surface area contributed by atoms with Gasteiger partial charge in [0.1, 0.15) is 0 Å². The summed E-state index contributed by atoms with van der Waals surface area (Å²) in [5, 5.41) is 38.5. The van der Waals surface area contributed by atoms with Crippen molar-refractivity contribution in [2.45, 2.75) is 37.8 Å². The van der Waals surface area contributed by atoms with E-state index in [2.05, 4.69) is 0 Å². The van der Waals surface area contributed by atoms with Gasteiger partial charge in [0.25, 0.3) is 0 Å². The van der Waals surface area contributed by atoms with Gasteiger partial charge in [0, 0.05) is 26.1 Å². The van der Waals surface area contributed by atoms with Gasteiger partial charge in [-0.15, -0.1) is 0 Å². The van der Waals surface area contributed by atoms with E-state index in [9.17, 15) is 15.3 Å². The molecule has 4 N–H and O–H groups in total. The molecule has 0 saturated carbocycles. The number of likely N-dealkylation sites (tertiary alicyclic amines) is 1. The van der Waals surface area contributed by atoms with Gasteiger partial charge in [-0.1, -0.05) is 24.3 Å². The maximum Gasteiger partial charge on any atom is 0.0815 e. The van der Waals surface area contributed by atoms with Gasteiger partial charge in [-0.05, 0) is 17.5 Å². The Balaban J connectivity index is 1.81. The van der Waals surface area contributed by atoms with Gasteiger partial charge in [-0.2, -0.15) is 0 Å². The van der Waals surface area contributed by atoms with E-state index in [-0.39, 0.29) is 19.1 Å². The normalized spacial score (nSPS) is 22.9. The van der Waals surface area contributed by atoms with Gasteiger partial charge in [0.2, 0.25) is 0 Å². The molecule has 0 amide bonds. The van der Waals surface area contributed by atoms with Crippen molar-refractivity contribution in [2.75, 3.05) is 19.6 Å². The Hall–Kier alpha value is -0.980. The highest BCUT2D eigenvalue weighted by molar-refractivity contribution is 5.23. The third-order valence-corrected chi connectivity index (χ3v) is 3.76. The molecule has 0 bridgehead atoms. The second-order valence-electron chi connectivity index (χ2n) is 5.51. The molecule has 1 saturated heterocycles. The molecule has 1 fully saturated rings. The molecule has 0 aromatic heterocycles. The highest BCUT2D eigenvalue weighted by atomic mass is 16.3. The molecule has 5 heteroatoms. The standard InChI is InChI=1S/C15H23NO4/c17-10-11-1-3-12(4-2-11)15(20)7-14(19)9-16-6-5-13(18)8-16/h1-4,13-15,17-20H,5-10H2/t13-,14-,15+/m0/s1. The third-order valence-electron chi connectivity index (χ3n) is 3.76. The van der Waals surface area contributed by atoms with Crippen LogP contribution < -0.4 is 0 Å². The van der Waals surface area contributed by atoms with E-state index in [1.165, 1.54) is 0 Å². The average molecular weight is 281 g/mol. The van der Waals surface area contributed by atoms with Crippen LogP contribution in [-0.2, 0) is 6.61 Å². The number of hydrogen-bond donors (Lipinski definition) is 4. The van der Waals surface area contributed by atoms with Crippen molar-refractivity contribution in [2.24, 2.45) is 0 Å². The first-order valence-corrected chi connectivity index (χ1v) is 7.04. The first kappa shape index (κ1) is 15.4. The highest BCUT2D eigenvalue weighted by Crippen LogP contribution is 2.20. The van der Waals surface area contributed by atoms with Crippen LogP contribution in [0.15, 0.2) is 24.3 Å². The number of nitrogens with zero attached hydrogens (tertiary/aromatic N) is 1. The second kappa shape index (κ2) is 7.15. The van der Waals surface area contributed by atoms with Crippen LogP contribution in [0.4, 0.5) is 0 Å². The number of aliphatic hydroxyl groups is 4. The Morgan fingerprint density at radius 1 is 1.20 bits per heavy atom. The minimum atomic E-state index is -0.717. The fourth-order valence-corrected chi connectivity index (χ4v) is 2.59. The summed E-state index contributed by atoms with van der Waals surface area (Å²) in [6.45, 7) is 1.84. The van der Waals surface area contributed by atoms with Crippen LogP contribution in [0.3, 0.4) is 0 Å². The first-order chi connectivity index (χ1) is 9.58. The van der Waals surface area contributed by atoms with Crippen molar-refractivity contribution in [1.82, 2.24) is 4.90 Å². The van der Waals surface area contributed by atoms with E-state index < -0.39 is 12.2 Å². The SMILES string of the molecule is OCc1ccc([C@H](O)C[C@H](O)CN2CC[C@H](O)C2)cc1. The first-order valence-electron chi connectivity index (χ1n) is 7.04. The van der Waals surface area contributed by atoms with Crippen LogP contribution >= 0.6 is 0 Å². The molecule has 3 atom stereocenters. The molecule has 0 unspecified atom stereocenters. The molecule has 1 aromatic carbocycles. The monoisotopic (exact) mass is 281 g/mol. The van der Waals surface area contributed by atoms with Crippen LogP contribution in [0.2, 0.25) is 0 Å². The summed E-state index contributed by atoms with van der Waals surface area (Å²) in [7, 11) is 0. The van der Waals surface area contributed by atoms with Crippen LogP contribution in [0.1, 0.15) is 30.1 Å². The minimum Gasteiger partial charge on any atom is -0.392 e. The average Bonchev–Trinajstić information content (AvgIpc) is 2.84. The number of hydrogen-bond acceptors (Lipinski definition) is 5. The van der Waals surface area contributed by atoms with E-state index in [1.807, 2.05) is 4.90 Å².